The normalized spacial score (nSPS) is 10.8. The van der Waals surface area contributed by atoms with Gasteiger partial charge < -0.3 is 9.84 Å². The molecule has 5 heteroatoms. The molecule has 0 amide bonds. The van der Waals surface area contributed by atoms with Gasteiger partial charge in [0.1, 0.15) is 17.2 Å². The minimum Gasteiger partial charge on any atom is -0.507 e. The number of phenols is 1. The van der Waals surface area contributed by atoms with Crippen LogP contribution >= 0.6 is 0 Å². The van der Waals surface area contributed by atoms with E-state index in [4.69, 9.17) is 9.72 Å². The molecule has 1 N–H and O–H groups in total. The molecular weight excluding hydrogens is 484 g/mol. The lowest BCUT2D eigenvalue weighted by Gasteiger charge is -2.13. The highest BCUT2D eigenvalue weighted by Gasteiger charge is 2.27. The van der Waals surface area contributed by atoms with Gasteiger partial charge in [0.15, 0.2) is 5.82 Å². The number of phenolic OH excluding ortho intramolecular Hbond substituents is 1. The van der Waals surface area contributed by atoms with E-state index in [9.17, 15) is 9.90 Å². The molecule has 188 valence electrons. The van der Waals surface area contributed by atoms with Crippen LogP contribution < -0.4 is 4.74 Å². The number of benzene rings is 5. The van der Waals surface area contributed by atoms with Crippen molar-refractivity contribution in [2.75, 3.05) is 0 Å². The lowest BCUT2D eigenvalue weighted by Crippen LogP contribution is -2.15. The average Bonchev–Trinajstić information content (AvgIpc) is 3.39. The second kappa shape index (κ2) is 10.5. The number of para-hydroxylation sites is 1. The highest BCUT2D eigenvalue weighted by molar-refractivity contribution is 6.03. The Morgan fingerprint density at radius 3 is 1.82 bits per heavy atom. The van der Waals surface area contributed by atoms with Crippen molar-refractivity contribution in [3.05, 3.63) is 145 Å². The molecule has 6 aromatic rings. The number of nitrogens with zero attached hydrogens (tertiary/aromatic N) is 2. The fourth-order valence-corrected chi connectivity index (χ4v) is 4.56. The summed E-state index contributed by atoms with van der Waals surface area (Å²) in [4.78, 5) is 19.1. The zero-order valence-electron chi connectivity index (χ0n) is 20.9. The number of carbonyl (C=O) groups excluding carboxylic acids is 1. The first-order valence-corrected chi connectivity index (χ1v) is 12.6. The maximum absolute atomic E-state index is 14.1. The maximum atomic E-state index is 14.1. The van der Waals surface area contributed by atoms with Crippen molar-refractivity contribution in [3.63, 3.8) is 0 Å². The van der Waals surface area contributed by atoms with Crippen LogP contribution in [-0.4, -0.2) is 20.6 Å². The van der Waals surface area contributed by atoms with Crippen LogP contribution in [-0.2, 0) is 0 Å². The van der Waals surface area contributed by atoms with Gasteiger partial charge in [-0.2, -0.15) is 0 Å². The van der Waals surface area contributed by atoms with E-state index in [0.29, 0.717) is 39.8 Å². The fourth-order valence-electron chi connectivity index (χ4n) is 4.56. The van der Waals surface area contributed by atoms with Crippen LogP contribution in [0.1, 0.15) is 10.4 Å². The third kappa shape index (κ3) is 4.81. The van der Waals surface area contributed by atoms with Crippen molar-refractivity contribution in [1.82, 2.24) is 9.55 Å². The number of hydrogen-bond donors (Lipinski definition) is 1. The molecule has 5 nitrogen and oxygen atoms in total. The van der Waals surface area contributed by atoms with Crippen molar-refractivity contribution in [1.29, 1.82) is 0 Å². The molecule has 5 aromatic carbocycles. The summed E-state index contributed by atoms with van der Waals surface area (Å²) in [5.41, 5.74) is 3.92. The first-order valence-electron chi connectivity index (χ1n) is 12.6. The first-order chi connectivity index (χ1) is 19.2. The average molecular weight is 509 g/mol. The van der Waals surface area contributed by atoms with Gasteiger partial charge in [0.25, 0.3) is 5.91 Å². The van der Waals surface area contributed by atoms with Gasteiger partial charge in [-0.05, 0) is 36.4 Å². The summed E-state index contributed by atoms with van der Waals surface area (Å²) in [6, 6.07) is 42.9. The highest BCUT2D eigenvalue weighted by atomic mass is 16.5. The number of aromatic hydroxyl groups is 1. The van der Waals surface area contributed by atoms with Gasteiger partial charge in [-0.1, -0.05) is 97.1 Å². The quantitative estimate of drug-likeness (QED) is 0.247. The SMILES string of the molecule is O=C(c1ccccc1)n1c(-c2ccc(Oc3ccccc3)cc2O)nc(-c2ccccc2)c1-c1ccccc1. The molecule has 0 atom stereocenters. The molecule has 0 bridgehead atoms. The van der Waals surface area contributed by atoms with Crippen LogP contribution in [0.4, 0.5) is 0 Å². The molecule has 0 aliphatic rings. The molecule has 0 saturated heterocycles. The molecule has 1 heterocycles. The second-order valence-corrected chi connectivity index (χ2v) is 8.97. The molecule has 0 spiro atoms. The monoisotopic (exact) mass is 508 g/mol. The Morgan fingerprint density at radius 1 is 0.641 bits per heavy atom. The number of carbonyl (C=O) groups is 1. The zero-order chi connectivity index (χ0) is 26.6. The topological polar surface area (TPSA) is 64.3 Å². The molecule has 0 radical (unpaired) electrons. The van der Waals surface area contributed by atoms with E-state index in [2.05, 4.69) is 0 Å². The Bertz CT molecular complexity index is 1730. The first kappa shape index (κ1) is 23.9. The Kier molecular flexibility index (Phi) is 6.46. The number of aromatic nitrogens is 2. The van der Waals surface area contributed by atoms with Crippen molar-refractivity contribution in [2.24, 2.45) is 0 Å². The largest absolute Gasteiger partial charge is 0.507 e. The molecular formula is C34H24N2O3. The zero-order valence-corrected chi connectivity index (χ0v) is 20.9. The van der Waals surface area contributed by atoms with E-state index in [-0.39, 0.29) is 11.7 Å². The van der Waals surface area contributed by atoms with Gasteiger partial charge in [0.2, 0.25) is 0 Å². The van der Waals surface area contributed by atoms with E-state index in [1.807, 2.05) is 109 Å². The summed E-state index contributed by atoms with van der Waals surface area (Å²) in [5.74, 6) is 1.17. The van der Waals surface area contributed by atoms with Crippen molar-refractivity contribution < 1.29 is 14.6 Å². The van der Waals surface area contributed by atoms with Crippen LogP contribution in [0.5, 0.6) is 17.2 Å². The predicted molar refractivity (Wildman–Crippen MR) is 153 cm³/mol. The van der Waals surface area contributed by atoms with Gasteiger partial charge in [0.05, 0.1) is 17.0 Å². The van der Waals surface area contributed by atoms with E-state index in [1.54, 1.807) is 34.9 Å². The van der Waals surface area contributed by atoms with E-state index in [1.165, 1.54) is 0 Å². The van der Waals surface area contributed by atoms with Crippen molar-refractivity contribution in [2.45, 2.75) is 0 Å². The van der Waals surface area contributed by atoms with E-state index >= 15 is 0 Å². The fraction of sp³-hybridized carbons (Fsp3) is 0. The second-order valence-electron chi connectivity index (χ2n) is 8.97. The van der Waals surface area contributed by atoms with Crippen molar-refractivity contribution >= 4 is 5.91 Å². The summed E-state index contributed by atoms with van der Waals surface area (Å²) >= 11 is 0. The van der Waals surface area contributed by atoms with Crippen LogP contribution in [0.25, 0.3) is 33.9 Å². The molecule has 0 saturated carbocycles. The highest BCUT2D eigenvalue weighted by Crippen LogP contribution is 2.40. The maximum Gasteiger partial charge on any atom is 0.264 e. The van der Waals surface area contributed by atoms with Gasteiger partial charge in [0, 0.05) is 22.8 Å². The van der Waals surface area contributed by atoms with Crippen LogP contribution in [0.3, 0.4) is 0 Å². The van der Waals surface area contributed by atoms with Gasteiger partial charge >= 0.3 is 0 Å². The molecule has 39 heavy (non-hydrogen) atoms. The lowest BCUT2D eigenvalue weighted by molar-refractivity contribution is 0.0963. The Morgan fingerprint density at radius 2 is 1.21 bits per heavy atom. The Labute approximate surface area is 226 Å². The lowest BCUT2D eigenvalue weighted by atomic mass is 10.0. The van der Waals surface area contributed by atoms with Crippen LogP contribution in [0, 0.1) is 0 Å². The predicted octanol–water partition coefficient (Wildman–Crippen LogP) is 8.07. The number of hydrogen-bond acceptors (Lipinski definition) is 4. The van der Waals surface area contributed by atoms with Gasteiger partial charge in [-0.15, -0.1) is 0 Å². The van der Waals surface area contributed by atoms with Gasteiger partial charge in [-0.25, -0.2) is 4.98 Å². The Balaban J connectivity index is 1.57. The van der Waals surface area contributed by atoms with Crippen LogP contribution in [0.15, 0.2) is 140 Å². The Hall–Kier alpha value is -5.42. The minimum absolute atomic E-state index is 0.0465. The molecule has 1 aromatic heterocycles. The summed E-state index contributed by atoms with van der Waals surface area (Å²) in [6.07, 6.45) is 0. The van der Waals surface area contributed by atoms with Gasteiger partial charge in [-0.3, -0.25) is 9.36 Å². The summed E-state index contributed by atoms with van der Waals surface area (Å²) in [7, 11) is 0. The third-order valence-corrected chi connectivity index (χ3v) is 6.38. The molecule has 0 aliphatic heterocycles. The summed E-state index contributed by atoms with van der Waals surface area (Å²) in [5, 5.41) is 11.2. The number of rotatable bonds is 6. The number of ether oxygens (including phenoxy) is 1. The molecule has 0 aliphatic carbocycles. The van der Waals surface area contributed by atoms with E-state index in [0.717, 1.165) is 11.1 Å². The smallest absolute Gasteiger partial charge is 0.264 e. The minimum atomic E-state index is -0.247. The molecule has 6 rings (SSSR count). The third-order valence-electron chi connectivity index (χ3n) is 6.38. The van der Waals surface area contributed by atoms with E-state index < -0.39 is 0 Å². The molecule has 0 fully saturated rings. The standard InChI is InChI=1S/C34H24N2O3/c37-30-23-28(39-27-19-11-4-12-20-27)21-22-29(30)33-35-31(24-13-5-1-6-14-24)32(25-15-7-2-8-16-25)36(33)34(38)26-17-9-3-10-18-26/h1-23,37H. The van der Waals surface area contributed by atoms with Crippen molar-refractivity contribution in [3.8, 4) is 51.2 Å². The number of imidazole rings is 1. The summed E-state index contributed by atoms with van der Waals surface area (Å²) in [6.45, 7) is 0. The van der Waals surface area contributed by atoms with Crippen LogP contribution in [0.2, 0.25) is 0 Å². The molecule has 0 unspecified atom stereocenters. The summed E-state index contributed by atoms with van der Waals surface area (Å²) < 4.78 is 7.51.